The molecule has 0 saturated heterocycles. The Morgan fingerprint density at radius 1 is 1.70 bits per heavy atom. The predicted molar refractivity (Wildman–Crippen MR) is 41.1 cm³/mol. The summed E-state index contributed by atoms with van der Waals surface area (Å²) < 4.78 is 51.2. The van der Waals surface area contributed by atoms with Gasteiger partial charge in [0.1, 0.15) is 11.5 Å². The maximum absolute atomic E-state index is 7.79. The van der Waals surface area contributed by atoms with E-state index in [1.165, 1.54) is 0 Å². The maximum atomic E-state index is 7.79. The average molecular weight is 164 g/mol. The average Bonchev–Trinajstić information content (AvgIpc) is 2.12. The van der Waals surface area contributed by atoms with Crippen molar-refractivity contribution in [3.05, 3.63) is 23.2 Å². The van der Waals surface area contributed by atoms with Crippen molar-refractivity contribution in [3.8, 4) is 0 Å². The highest BCUT2D eigenvalue weighted by atomic mass is 35.5. The van der Waals surface area contributed by atoms with E-state index in [0.29, 0.717) is 0 Å². The SMILES string of the molecule is [2H]C([2H])([2H])C([2H])(c1cc(Cl)ncn1)C([2H])([2H])[2H]. The fourth-order valence-electron chi connectivity index (χ4n) is 0.470. The van der Waals surface area contributed by atoms with Crippen molar-refractivity contribution in [3.63, 3.8) is 0 Å². The zero-order valence-corrected chi connectivity index (χ0v) is 5.68. The van der Waals surface area contributed by atoms with Crippen LogP contribution in [0.1, 0.15) is 34.9 Å². The van der Waals surface area contributed by atoms with Crippen LogP contribution in [0.15, 0.2) is 12.4 Å². The van der Waals surface area contributed by atoms with E-state index in [4.69, 9.17) is 21.2 Å². The van der Waals surface area contributed by atoms with Gasteiger partial charge in [-0.15, -0.1) is 0 Å². The van der Waals surface area contributed by atoms with Crippen LogP contribution in [-0.4, -0.2) is 9.97 Å². The first kappa shape index (κ1) is 2.45. The van der Waals surface area contributed by atoms with Crippen LogP contribution in [0.2, 0.25) is 5.15 Å². The zero-order chi connectivity index (χ0) is 13.5. The van der Waals surface area contributed by atoms with E-state index in [-0.39, 0.29) is 5.15 Å². The molecule has 0 atom stereocenters. The molecule has 0 aliphatic heterocycles. The quantitative estimate of drug-likeness (QED) is 0.594. The molecule has 2 nitrogen and oxygen atoms in total. The Morgan fingerprint density at radius 2 is 2.50 bits per heavy atom. The first-order valence-corrected chi connectivity index (χ1v) is 2.86. The number of halogens is 1. The number of aromatic nitrogens is 2. The normalized spacial score (nSPS) is 24.3. The Morgan fingerprint density at radius 3 is 3.10 bits per heavy atom. The Balaban J connectivity index is 3.46. The van der Waals surface area contributed by atoms with Crippen LogP contribution in [0, 0.1) is 0 Å². The van der Waals surface area contributed by atoms with Crippen LogP contribution in [0.5, 0.6) is 0 Å². The van der Waals surface area contributed by atoms with Gasteiger partial charge in [-0.2, -0.15) is 0 Å². The van der Waals surface area contributed by atoms with E-state index in [9.17, 15) is 0 Å². The Kier molecular flexibility index (Phi) is 0.728. The number of hydrogen-bond acceptors (Lipinski definition) is 2. The summed E-state index contributed by atoms with van der Waals surface area (Å²) in [5, 5.41) is -0.111. The molecule has 1 heterocycles. The molecule has 10 heavy (non-hydrogen) atoms. The van der Waals surface area contributed by atoms with E-state index >= 15 is 0 Å². The second-order valence-electron chi connectivity index (χ2n) is 1.60. The highest BCUT2D eigenvalue weighted by Crippen LogP contribution is 2.12. The predicted octanol–water partition coefficient (Wildman–Crippen LogP) is 2.25. The summed E-state index contributed by atoms with van der Waals surface area (Å²) in [7, 11) is 0. The molecule has 0 amide bonds. The van der Waals surface area contributed by atoms with Crippen LogP contribution in [-0.2, 0) is 0 Å². The molecule has 0 bridgehead atoms. The first-order valence-electron chi connectivity index (χ1n) is 5.98. The van der Waals surface area contributed by atoms with Crippen LogP contribution in [0.25, 0.3) is 0 Å². The lowest BCUT2D eigenvalue weighted by Crippen LogP contribution is -1.92. The number of nitrogens with zero attached hydrogens (tertiary/aromatic N) is 2. The molecule has 0 aliphatic rings. The molecule has 1 aromatic rings. The molecule has 0 aromatic carbocycles. The van der Waals surface area contributed by atoms with Gasteiger partial charge in [0.15, 0.2) is 0 Å². The van der Waals surface area contributed by atoms with Crippen LogP contribution >= 0.6 is 11.6 Å². The van der Waals surface area contributed by atoms with E-state index in [1.54, 1.807) is 0 Å². The Bertz CT molecular complexity index is 399. The van der Waals surface area contributed by atoms with Gasteiger partial charge in [-0.3, -0.25) is 0 Å². The van der Waals surface area contributed by atoms with Gasteiger partial charge in [0.25, 0.3) is 0 Å². The summed E-state index contributed by atoms with van der Waals surface area (Å²) in [6, 6.07) is 0.979. The van der Waals surface area contributed by atoms with Crippen LogP contribution in [0.4, 0.5) is 0 Å². The molecule has 0 N–H and O–H groups in total. The summed E-state index contributed by atoms with van der Waals surface area (Å²) >= 11 is 5.55. The van der Waals surface area contributed by atoms with Crippen molar-refractivity contribution in [1.29, 1.82) is 0 Å². The molecule has 3 heteroatoms. The third kappa shape index (κ3) is 1.67. The number of hydrogen-bond donors (Lipinski definition) is 0. The highest BCUT2D eigenvalue weighted by Gasteiger charge is 1.99. The first-order chi connectivity index (χ1) is 7.50. The van der Waals surface area contributed by atoms with Crippen molar-refractivity contribution < 1.29 is 9.60 Å². The minimum absolute atomic E-state index is 0.111. The Hall–Kier alpha value is -0.630. The van der Waals surface area contributed by atoms with Gasteiger partial charge in [0.2, 0.25) is 0 Å². The smallest absolute Gasteiger partial charge is 0.132 e. The van der Waals surface area contributed by atoms with Gasteiger partial charge in [0.05, 0.1) is 0 Å². The second kappa shape index (κ2) is 2.97. The third-order valence-corrected chi connectivity index (χ3v) is 1.10. The highest BCUT2D eigenvalue weighted by molar-refractivity contribution is 6.29. The Labute approximate surface area is 75.1 Å². The third-order valence-electron chi connectivity index (χ3n) is 0.890. The molecule has 0 radical (unpaired) electrons. The van der Waals surface area contributed by atoms with E-state index in [0.717, 1.165) is 12.4 Å². The lowest BCUT2D eigenvalue weighted by Gasteiger charge is -2.01. The van der Waals surface area contributed by atoms with Crippen LogP contribution in [0.3, 0.4) is 0 Å². The molecule has 0 unspecified atom stereocenters. The lowest BCUT2D eigenvalue weighted by molar-refractivity contribution is 0.814. The monoisotopic (exact) mass is 163 g/mol. The van der Waals surface area contributed by atoms with Crippen molar-refractivity contribution in [2.45, 2.75) is 19.6 Å². The fraction of sp³-hybridized carbons (Fsp3) is 0.429. The fourth-order valence-corrected chi connectivity index (χ4v) is 0.617. The number of rotatable bonds is 1. The van der Waals surface area contributed by atoms with Crippen molar-refractivity contribution in [1.82, 2.24) is 9.97 Å². The lowest BCUT2D eigenvalue weighted by atomic mass is 10.1. The van der Waals surface area contributed by atoms with E-state index in [2.05, 4.69) is 9.97 Å². The molecule has 0 aliphatic carbocycles. The molecular weight excluding hydrogens is 148 g/mol. The van der Waals surface area contributed by atoms with Gasteiger partial charge in [-0.1, -0.05) is 25.3 Å². The molecular formula is C7H9ClN2. The topological polar surface area (TPSA) is 25.8 Å². The van der Waals surface area contributed by atoms with Gasteiger partial charge in [-0.25, -0.2) is 9.97 Å². The zero-order valence-electron chi connectivity index (χ0n) is 11.9. The van der Waals surface area contributed by atoms with Gasteiger partial charge >= 0.3 is 0 Å². The van der Waals surface area contributed by atoms with Gasteiger partial charge in [-0.05, 0) is 12.0 Å². The van der Waals surface area contributed by atoms with Crippen molar-refractivity contribution in [2.75, 3.05) is 0 Å². The van der Waals surface area contributed by atoms with Crippen molar-refractivity contribution >= 4 is 11.6 Å². The largest absolute Gasteiger partial charge is 0.241 e. The molecule has 0 spiro atoms. The summed E-state index contributed by atoms with van der Waals surface area (Å²) in [5.41, 5.74) is -0.447. The minimum Gasteiger partial charge on any atom is -0.241 e. The second-order valence-corrected chi connectivity index (χ2v) is 1.99. The van der Waals surface area contributed by atoms with Crippen molar-refractivity contribution in [2.24, 2.45) is 0 Å². The van der Waals surface area contributed by atoms with Crippen LogP contribution < -0.4 is 0 Å². The summed E-state index contributed by atoms with van der Waals surface area (Å²) in [5.74, 6) is -2.83. The molecule has 1 rings (SSSR count). The maximum Gasteiger partial charge on any atom is 0.132 e. The molecule has 0 saturated carbocycles. The van der Waals surface area contributed by atoms with E-state index in [1.807, 2.05) is 0 Å². The molecule has 1 aromatic heterocycles. The summed E-state index contributed by atoms with van der Waals surface area (Å²) in [6.07, 6.45) is 0.929. The summed E-state index contributed by atoms with van der Waals surface area (Å²) in [6.45, 7) is -6.12. The van der Waals surface area contributed by atoms with Gasteiger partial charge < -0.3 is 0 Å². The summed E-state index contributed by atoms with van der Waals surface area (Å²) in [4.78, 5) is 7.06. The van der Waals surface area contributed by atoms with E-state index < -0.39 is 25.3 Å². The molecule has 0 fully saturated rings. The minimum atomic E-state index is -3.06. The standard InChI is InChI=1S/C7H9ClN2/c1-5(2)6-3-7(8)10-4-9-6/h3-5H,1-2H3/i1D3,2D3,5D. The van der Waals surface area contributed by atoms with Gasteiger partial charge in [0, 0.05) is 15.3 Å². The molecule has 54 valence electrons.